The van der Waals surface area contributed by atoms with Crippen LogP contribution in [0.4, 0.5) is 8.78 Å². The lowest BCUT2D eigenvalue weighted by Gasteiger charge is -2.27. The first-order chi connectivity index (χ1) is 5.20. The SMILES string of the molecule is CC.CN1CCC(F)C(F)C1. The van der Waals surface area contributed by atoms with Gasteiger partial charge in [-0.15, -0.1) is 0 Å². The molecular formula is C8H17F2N. The fraction of sp³-hybridized carbons (Fsp3) is 1.00. The van der Waals surface area contributed by atoms with E-state index in [1.54, 1.807) is 11.9 Å². The summed E-state index contributed by atoms with van der Waals surface area (Å²) >= 11 is 0. The van der Waals surface area contributed by atoms with Gasteiger partial charge in [0.25, 0.3) is 0 Å². The second kappa shape index (κ2) is 5.47. The predicted octanol–water partition coefficient (Wildman–Crippen LogP) is 2.02. The van der Waals surface area contributed by atoms with Crippen molar-refractivity contribution in [2.75, 3.05) is 20.1 Å². The fourth-order valence-electron chi connectivity index (χ4n) is 1.03. The molecule has 0 aliphatic carbocycles. The molecule has 0 N–H and O–H groups in total. The molecule has 68 valence electrons. The van der Waals surface area contributed by atoms with Gasteiger partial charge in [0.1, 0.15) is 12.3 Å². The number of likely N-dealkylation sites (tertiary alicyclic amines) is 1. The Morgan fingerprint density at radius 2 is 1.73 bits per heavy atom. The largest absolute Gasteiger partial charge is 0.303 e. The summed E-state index contributed by atoms with van der Waals surface area (Å²) in [4.78, 5) is 1.81. The number of halogens is 2. The van der Waals surface area contributed by atoms with Crippen molar-refractivity contribution in [1.82, 2.24) is 4.90 Å². The van der Waals surface area contributed by atoms with E-state index >= 15 is 0 Å². The highest BCUT2D eigenvalue weighted by molar-refractivity contribution is 4.77. The average Bonchev–Trinajstić information content (AvgIpc) is 2.02. The molecule has 2 atom stereocenters. The van der Waals surface area contributed by atoms with Crippen molar-refractivity contribution in [2.45, 2.75) is 32.6 Å². The summed E-state index contributed by atoms with van der Waals surface area (Å²) in [5.41, 5.74) is 0. The van der Waals surface area contributed by atoms with E-state index in [-0.39, 0.29) is 6.54 Å². The van der Waals surface area contributed by atoms with Gasteiger partial charge in [0.15, 0.2) is 0 Å². The van der Waals surface area contributed by atoms with E-state index in [2.05, 4.69) is 0 Å². The molecule has 1 aliphatic rings. The first kappa shape index (κ1) is 10.8. The van der Waals surface area contributed by atoms with Crippen LogP contribution in [0.1, 0.15) is 20.3 Å². The van der Waals surface area contributed by atoms with Crippen LogP contribution in [0.15, 0.2) is 0 Å². The van der Waals surface area contributed by atoms with E-state index in [4.69, 9.17) is 0 Å². The minimum absolute atomic E-state index is 0.251. The van der Waals surface area contributed by atoms with Gasteiger partial charge in [-0.1, -0.05) is 13.8 Å². The molecule has 0 amide bonds. The Kier molecular flexibility index (Phi) is 5.38. The molecule has 1 rings (SSSR count). The quantitative estimate of drug-likeness (QED) is 0.531. The molecule has 1 aliphatic heterocycles. The van der Waals surface area contributed by atoms with E-state index in [0.29, 0.717) is 13.0 Å². The third-order valence-electron chi connectivity index (χ3n) is 1.67. The molecule has 0 aromatic heterocycles. The zero-order valence-electron chi connectivity index (χ0n) is 7.48. The van der Waals surface area contributed by atoms with E-state index < -0.39 is 12.3 Å². The number of nitrogens with zero attached hydrogens (tertiary/aromatic N) is 1. The summed E-state index contributed by atoms with van der Waals surface area (Å²) in [6.45, 7) is 4.93. The first-order valence-corrected chi connectivity index (χ1v) is 4.17. The maximum absolute atomic E-state index is 12.4. The molecule has 1 fully saturated rings. The summed E-state index contributed by atoms with van der Waals surface area (Å²) in [5.74, 6) is 0. The number of alkyl halides is 2. The number of hydrogen-bond acceptors (Lipinski definition) is 1. The normalized spacial score (nSPS) is 32.5. The topological polar surface area (TPSA) is 3.24 Å². The zero-order chi connectivity index (χ0) is 8.85. The standard InChI is InChI=1S/C6H11F2N.C2H6/c1-9-3-2-5(7)6(8)4-9;1-2/h5-6H,2-4H2,1H3;1-2H3. The summed E-state index contributed by atoms with van der Waals surface area (Å²) < 4.78 is 24.8. The van der Waals surface area contributed by atoms with Gasteiger partial charge >= 0.3 is 0 Å². The minimum Gasteiger partial charge on any atom is -0.303 e. The minimum atomic E-state index is -1.26. The lowest BCUT2D eigenvalue weighted by Crippen LogP contribution is -2.40. The van der Waals surface area contributed by atoms with Gasteiger partial charge in [0.05, 0.1) is 0 Å². The van der Waals surface area contributed by atoms with Crippen molar-refractivity contribution in [3.8, 4) is 0 Å². The highest BCUT2D eigenvalue weighted by Crippen LogP contribution is 2.14. The first-order valence-electron chi connectivity index (χ1n) is 4.17. The van der Waals surface area contributed by atoms with Crippen LogP contribution < -0.4 is 0 Å². The molecule has 0 aromatic carbocycles. The molecule has 0 spiro atoms. The number of rotatable bonds is 0. The van der Waals surface area contributed by atoms with Gasteiger partial charge in [0.2, 0.25) is 0 Å². The van der Waals surface area contributed by atoms with Crippen molar-refractivity contribution in [3.63, 3.8) is 0 Å². The van der Waals surface area contributed by atoms with Crippen LogP contribution in [-0.2, 0) is 0 Å². The second-order valence-electron chi connectivity index (χ2n) is 2.58. The maximum atomic E-state index is 12.4. The van der Waals surface area contributed by atoms with Gasteiger partial charge < -0.3 is 4.90 Å². The van der Waals surface area contributed by atoms with E-state index in [1.807, 2.05) is 13.8 Å². The van der Waals surface area contributed by atoms with Crippen molar-refractivity contribution in [1.29, 1.82) is 0 Å². The fourth-order valence-corrected chi connectivity index (χ4v) is 1.03. The second-order valence-corrected chi connectivity index (χ2v) is 2.58. The summed E-state index contributed by atoms with van der Waals surface area (Å²) in [7, 11) is 1.80. The molecule has 2 unspecified atom stereocenters. The molecule has 11 heavy (non-hydrogen) atoms. The van der Waals surface area contributed by atoms with Crippen LogP contribution in [-0.4, -0.2) is 37.4 Å². The highest BCUT2D eigenvalue weighted by Gasteiger charge is 2.26. The van der Waals surface area contributed by atoms with Gasteiger partial charge in [0, 0.05) is 13.1 Å². The van der Waals surface area contributed by atoms with Crippen molar-refractivity contribution < 1.29 is 8.78 Å². The smallest absolute Gasteiger partial charge is 0.144 e. The Morgan fingerprint density at radius 3 is 2.09 bits per heavy atom. The van der Waals surface area contributed by atoms with Crippen LogP contribution in [0.25, 0.3) is 0 Å². The Labute approximate surface area is 67.4 Å². The molecule has 0 aromatic rings. The van der Waals surface area contributed by atoms with Gasteiger partial charge in [-0.05, 0) is 13.5 Å². The third-order valence-corrected chi connectivity index (χ3v) is 1.67. The van der Waals surface area contributed by atoms with Crippen LogP contribution >= 0.6 is 0 Å². The van der Waals surface area contributed by atoms with Gasteiger partial charge in [-0.2, -0.15) is 0 Å². The molecule has 1 saturated heterocycles. The third kappa shape index (κ3) is 3.65. The van der Waals surface area contributed by atoms with Gasteiger partial charge in [-0.3, -0.25) is 0 Å². The summed E-state index contributed by atoms with van der Waals surface area (Å²) in [6.07, 6.45) is -2.14. The summed E-state index contributed by atoms with van der Waals surface area (Å²) in [6, 6.07) is 0. The molecule has 3 heteroatoms. The predicted molar refractivity (Wildman–Crippen MR) is 43.3 cm³/mol. The number of hydrogen-bond donors (Lipinski definition) is 0. The highest BCUT2D eigenvalue weighted by atomic mass is 19.2. The van der Waals surface area contributed by atoms with Gasteiger partial charge in [-0.25, -0.2) is 8.78 Å². The summed E-state index contributed by atoms with van der Waals surface area (Å²) in [5, 5.41) is 0. The molecule has 1 heterocycles. The van der Waals surface area contributed by atoms with Crippen molar-refractivity contribution in [2.24, 2.45) is 0 Å². The Balaban J connectivity index is 0.000000461. The van der Waals surface area contributed by atoms with Crippen molar-refractivity contribution in [3.05, 3.63) is 0 Å². The van der Waals surface area contributed by atoms with Crippen LogP contribution in [0.2, 0.25) is 0 Å². The van der Waals surface area contributed by atoms with E-state index in [0.717, 1.165) is 0 Å². The van der Waals surface area contributed by atoms with Crippen molar-refractivity contribution >= 4 is 0 Å². The number of piperidine rings is 1. The molecule has 1 nitrogen and oxygen atoms in total. The van der Waals surface area contributed by atoms with Crippen LogP contribution in [0.3, 0.4) is 0 Å². The Bertz CT molecular complexity index is 98.1. The Hall–Kier alpha value is -0.180. The Morgan fingerprint density at radius 1 is 1.18 bits per heavy atom. The molecule has 0 saturated carbocycles. The lowest BCUT2D eigenvalue weighted by atomic mass is 10.1. The monoisotopic (exact) mass is 165 g/mol. The molecule has 0 radical (unpaired) electrons. The van der Waals surface area contributed by atoms with E-state index in [9.17, 15) is 8.78 Å². The molecular weight excluding hydrogens is 148 g/mol. The van der Waals surface area contributed by atoms with Crippen LogP contribution in [0, 0.1) is 0 Å². The van der Waals surface area contributed by atoms with Crippen LogP contribution in [0.5, 0.6) is 0 Å². The zero-order valence-corrected chi connectivity index (χ0v) is 7.48. The van der Waals surface area contributed by atoms with E-state index in [1.165, 1.54) is 0 Å². The maximum Gasteiger partial charge on any atom is 0.144 e. The molecule has 0 bridgehead atoms. The average molecular weight is 165 g/mol. The lowest BCUT2D eigenvalue weighted by molar-refractivity contribution is 0.0728.